The Morgan fingerprint density at radius 1 is 1.42 bits per heavy atom. The Labute approximate surface area is 110 Å². The summed E-state index contributed by atoms with van der Waals surface area (Å²) in [6, 6.07) is -1.97. The standard InChI is InChI=1S/C11H19N3O5/c1-19-7-3-2-6(4-7)13-11(18)14-8(10(16)17)5-9(12)15/h6-8H,2-5H2,1H3,(H2,12,15)(H,16,17)(H2,13,14,18)/t6?,7?,8-/m0/s1. The minimum atomic E-state index is -1.31. The molecule has 8 nitrogen and oxygen atoms in total. The van der Waals surface area contributed by atoms with E-state index in [1.165, 1.54) is 0 Å². The van der Waals surface area contributed by atoms with Gasteiger partial charge >= 0.3 is 12.0 Å². The molecule has 0 heterocycles. The zero-order chi connectivity index (χ0) is 14.4. The van der Waals surface area contributed by atoms with E-state index < -0.39 is 30.4 Å². The molecule has 0 bridgehead atoms. The zero-order valence-corrected chi connectivity index (χ0v) is 10.7. The predicted octanol–water partition coefficient (Wildman–Crippen LogP) is -0.818. The van der Waals surface area contributed by atoms with Gasteiger partial charge in [0.05, 0.1) is 12.5 Å². The maximum atomic E-state index is 11.6. The second-order valence-electron chi connectivity index (χ2n) is 4.55. The summed E-state index contributed by atoms with van der Waals surface area (Å²) in [6.07, 6.45) is 2.00. The van der Waals surface area contributed by atoms with Gasteiger partial charge in [0, 0.05) is 13.2 Å². The van der Waals surface area contributed by atoms with Crippen LogP contribution < -0.4 is 16.4 Å². The van der Waals surface area contributed by atoms with E-state index in [0.717, 1.165) is 12.8 Å². The molecule has 0 saturated heterocycles. The summed E-state index contributed by atoms with van der Waals surface area (Å²) in [5.41, 5.74) is 4.92. The molecule has 0 aromatic carbocycles. The van der Waals surface area contributed by atoms with E-state index in [-0.39, 0.29) is 12.1 Å². The number of hydrogen-bond acceptors (Lipinski definition) is 4. The number of carboxylic acid groups (broad SMARTS) is 1. The lowest BCUT2D eigenvalue weighted by atomic mass is 10.2. The summed E-state index contributed by atoms with van der Waals surface area (Å²) in [5.74, 6) is -2.08. The number of rotatable bonds is 6. The van der Waals surface area contributed by atoms with E-state index in [4.69, 9.17) is 15.6 Å². The van der Waals surface area contributed by atoms with Crippen LogP contribution in [0.1, 0.15) is 25.7 Å². The van der Waals surface area contributed by atoms with Gasteiger partial charge in [-0.05, 0) is 19.3 Å². The summed E-state index contributed by atoms with van der Waals surface area (Å²) < 4.78 is 5.17. The zero-order valence-electron chi connectivity index (χ0n) is 10.7. The number of nitrogens with one attached hydrogen (secondary N) is 2. The smallest absolute Gasteiger partial charge is 0.326 e. The molecule has 0 aromatic heterocycles. The molecule has 0 spiro atoms. The minimum Gasteiger partial charge on any atom is -0.480 e. The Balaban J connectivity index is 2.40. The van der Waals surface area contributed by atoms with Gasteiger partial charge in [0.2, 0.25) is 5.91 Å². The molecule has 5 N–H and O–H groups in total. The van der Waals surface area contributed by atoms with Crippen LogP contribution in [-0.2, 0) is 14.3 Å². The van der Waals surface area contributed by atoms with E-state index in [1.807, 2.05) is 0 Å². The molecule has 0 aromatic rings. The van der Waals surface area contributed by atoms with Gasteiger partial charge in [-0.1, -0.05) is 0 Å². The van der Waals surface area contributed by atoms with Crippen molar-refractivity contribution in [1.82, 2.24) is 10.6 Å². The fraction of sp³-hybridized carbons (Fsp3) is 0.727. The van der Waals surface area contributed by atoms with Crippen molar-refractivity contribution in [3.8, 4) is 0 Å². The van der Waals surface area contributed by atoms with E-state index >= 15 is 0 Å². The normalized spacial score (nSPS) is 23.6. The third-order valence-corrected chi connectivity index (χ3v) is 3.06. The number of primary amides is 1. The summed E-state index contributed by atoms with van der Waals surface area (Å²) in [5, 5.41) is 13.7. The molecule has 0 radical (unpaired) electrons. The Morgan fingerprint density at radius 3 is 2.58 bits per heavy atom. The first kappa shape index (κ1) is 15.2. The van der Waals surface area contributed by atoms with Crippen LogP contribution in [0.5, 0.6) is 0 Å². The summed E-state index contributed by atoms with van der Waals surface area (Å²) in [6.45, 7) is 0. The van der Waals surface area contributed by atoms with E-state index in [9.17, 15) is 14.4 Å². The first-order chi connectivity index (χ1) is 8.92. The third kappa shape index (κ3) is 5.12. The van der Waals surface area contributed by atoms with Crippen LogP contribution in [0.2, 0.25) is 0 Å². The van der Waals surface area contributed by atoms with Crippen LogP contribution in [0.3, 0.4) is 0 Å². The predicted molar refractivity (Wildman–Crippen MR) is 65.3 cm³/mol. The molecule has 3 atom stereocenters. The molecular formula is C11H19N3O5. The van der Waals surface area contributed by atoms with Gasteiger partial charge in [-0.15, -0.1) is 0 Å². The second-order valence-corrected chi connectivity index (χ2v) is 4.55. The third-order valence-electron chi connectivity index (χ3n) is 3.06. The lowest BCUT2D eigenvalue weighted by molar-refractivity contribution is -0.140. The van der Waals surface area contributed by atoms with Crippen LogP contribution >= 0.6 is 0 Å². The number of ether oxygens (including phenoxy) is 1. The number of hydrogen-bond donors (Lipinski definition) is 4. The van der Waals surface area contributed by atoms with E-state index in [1.54, 1.807) is 7.11 Å². The Morgan fingerprint density at radius 2 is 2.11 bits per heavy atom. The summed E-state index contributed by atoms with van der Waals surface area (Å²) >= 11 is 0. The van der Waals surface area contributed by atoms with Crippen LogP contribution in [0, 0.1) is 0 Å². The number of carboxylic acids is 1. The highest BCUT2D eigenvalue weighted by molar-refractivity contribution is 5.87. The molecule has 1 fully saturated rings. The number of methoxy groups -OCH3 is 1. The Hall–Kier alpha value is -1.83. The van der Waals surface area contributed by atoms with Crippen molar-refractivity contribution in [2.75, 3.05) is 7.11 Å². The first-order valence-corrected chi connectivity index (χ1v) is 6.03. The van der Waals surface area contributed by atoms with Gasteiger partial charge in [0.25, 0.3) is 0 Å². The molecule has 1 aliphatic carbocycles. The second kappa shape index (κ2) is 6.93. The van der Waals surface area contributed by atoms with Crippen LogP contribution in [0.4, 0.5) is 4.79 Å². The van der Waals surface area contributed by atoms with Gasteiger partial charge in [0.15, 0.2) is 0 Å². The molecule has 1 aliphatic rings. The Bertz CT molecular complexity index is 360. The van der Waals surface area contributed by atoms with E-state index in [0.29, 0.717) is 6.42 Å². The van der Waals surface area contributed by atoms with Gasteiger partial charge in [-0.25, -0.2) is 9.59 Å². The SMILES string of the molecule is COC1CCC(NC(=O)N[C@@H](CC(N)=O)C(=O)O)C1. The fourth-order valence-corrected chi connectivity index (χ4v) is 2.07. The average Bonchev–Trinajstić information content (AvgIpc) is 2.75. The maximum Gasteiger partial charge on any atom is 0.326 e. The number of carbonyl (C=O) groups is 3. The molecule has 19 heavy (non-hydrogen) atoms. The largest absolute Gasteiger partial charge is 0.480 e. The lowest BCUT2D eigenvalue weighted by Crippen LogP contribution is -2.49. The van der Waals surface area contributed by atoms with Crippen molar-refractivity contribution in [3.63, 3.8) is 0 Å². The number of nitrogens with two attached hydrogens (primary N) is 1. The number of aliphatic carboxylic acids is 1. The van der Waals surface area contributed by atoms with Gasteiger partial charge in [-0.3, -0.25) is 4.79 Å². The number of amides is 3. The maximum absolute atomic E-state index is 11.6. The Kier molecular flexibility index (Phi) is 5.56. The highest BCUT2D eigenvalue weighted by atomic mass is 16.5. The minimum absolute atomic E-state index is 0.0482. The van der Waals surface area contributed by atoms with E-state index in [2.05, 4.69) is 10.6 Å². The first-order valence-electron chi connectivity index (χ1n) is 6.03. The van der Waals surface area contributed by atoms with Crippen molar-refractivity contribution in [2.24, 2.45) is 5.73 Å². The monoisotopic (exact) mass is 273 g/mol. The quantitative estimate of drug-likeness (QED) is 0.502. The van der Waals surface area contributed by atoms with Crippen molar-refractivity contribution in [1.29, 1.82) is 0 Å². The molecule has 2 unspecified atom stereocenters. The number of carbonyl (C=O) groups excluding carboxylic acids is 2. The van der Waals surface area contributed by atoms with Gasteiger partial charge in [0.1, 0.15) is 6.04 Å². The van der Waals surface area contributed by atoms with Crippen molar-refractivity contribution in [2.45, 2.75) is 43.9 Å². The van der Waals surface area contributed by atoms with Gasteiger partial charge in [-0.2, -0.15) is 0 Å². The molecule has 8 heteroatoms. The van der Waals surface area contributed by atoms with Gasteiger partial charge < -0.3 is 26.2 Å². The highest BCUT2D eigenvalue weighted by Gasteiger charge is 2.27. The molecule has 108 valence electrons. The van der Waals surface area contributed by atoms with Crippen LogP contribution in [0.25, 0.3) is 0 Å². The molecular weight excluding hydrogens is 254 g/mol. The molecule has 0 aliphatic heterocycles. The summed E-state index contributed by atoms with van der Waals surface area (Å²) in [7, 11) is 1.61. The van der Waals surface area contributed by atoms with Crippen molar-refractivity contribution >= 4 is 17.9 Å². The summed E-state index contributed by atoms with van der Waals surface area (Å²) in [4.78, 5) is 33.1. The van der Waals surface area contributed by atoms with Crippen LogP contribution in [-0.4, -0.2) is 48.3 Å². The van der Waals surface area contributed by atoms with Crippen molar-refractivity contribution < 1.29 is 24.2 Å². The lowest BCUT2D eigenvalue weighted by Gasteiger charge is -2.17. The topological polar surface area (TPSA) is 131 Å². The average molecular weight is 273 g/mol. The molecule has 1 saturated carbocycles. The van der Waals surface area contributed by atoms with Crippen molar-refractivity contribution in [3.05, 3.63) is 0 Å². The fourth-order valence-electron chi connectivity index (χ4n) is 2.07. The highest BCUT2D eigenvalue weighted by Crippen LogP contribution is 2.21. The molecule has 3 amide bonds. The number of urea groups is 1. The molecule has 1 rings (SSSR count). The van der Waals surface area contributed by atoms with Crippen LogP contribution in [0.15, 0.2) is 0 Å².